The zero-order chi connectivity index (χ0) is 45.7. The summed E-state index contributed by atoms with van der Waals surface area (Å²) in [5.41, 5.74) is 15.4. The summed E-state index contributed by atoms with van der Waals surface area (Å²) in [6.07, 6.45) is 1.81. The summed E-state index contributed by atoms with van der Waals surface area (Å²) in [5, 5.41) is 12.5. The maximum Gasteiger partial charge on any atom is 0.145 e. The SMILES string of the molecule is [2H]C([2H])([2H])c1ccc(-c2ccnc(-c3cc(-c4cccc5c4nc(-c4cc(-c6ccccc6)cc(-c6ccccc6)c4O)n5Cc4ccc(C(C)(C)C)cc4)cc(C(C)(C)C)c3)c2)cc1. The van der Waals surface area contributed by atoms with Crippen molar-refractivity contribution in [3.05, 3.63) is 198 Å². The van der Waals surface area contributed by atoms with Gasteiger partial charge in [0.25, 0.3) is 0 Å². The fourth-order valence-corrected chi connectivity index (χ4v) is 8.27. The molecule has 0 atom stereocenters. The number of pyridine rings is 1. The van der Waals surface area contributed by atoms with Gasteiger partial charge in [0.15, 0.2) is 0 Å². The van der Waals surface area contributed by atoms with Crippen molar-refractivity contribution in [2.24, 2.45) is 0 Å². The number of hydrogen-bond acceptors (Lipinski definition) is 3. The van der Waals surface area contributed by atoms with E-state index < -0.39 is 6.85 Å². The van der Waals surface area contributed by atoms with Gasteiger partial charge in [0, 0.05) is 33.5 Å². The van der Waals surface area contributed by atoms with Crippen molar-refractivity contribution in [2.75, 3.05) is 0 Å². The summed E-state index contributed by atoms with van der Waals surface area (Å²) >= 11 is 0. The van der Waals surface area contributed by atoms with E-state index in [0.29, 0.717) is 23.5 Å². The zero-order valence-corrected chi connectivity index (χ0v) is 36.2. The first kappa shape index (κ1) is 36.8. The molecule has 0 radical (unpaired) electrons. The average molecular weight is 811 g/mol. The third-order valence-corrected chi connectivity index (χ3v) is 11.9. The Bertz CT molecular complexity index is 3160. The van der Waals surface area contributed by atoms with E-state index in [9.17, 15) is 5.11 Å². The molecule has 4 nitrogen and oxygen atoms in total. The smallest absolute Gasteiger partial charge is 0.145 e. The van der Waals surface area contributed by atoms with Gasteiger partial charge in [0.2, 0.25) is 0 Å². The minimum atomic E-state index is -2.17. The molecule has 306 valence electrons. The lowest BCUT2D eigenvalue weighted by Crippen LogP contribution is -2.11. The fourth-order valence-electron chi connectivity index (χ4n) is 8.27. The van der Waals surface area contributed by atoms with Crippen molar-refractivity contribution in [1.29, 1.82) is 0 Å². The van der Waals surface area contributed by atoms with E-state index in [-0.39, 0.29) is 16.6 Å². The molecule has 0 unspecified atom stereocenters. The molecule has 7 aromatic carbocycles. The largest absolute Gasteiger partial charge is 0.507 e. The molecule has 62 heavy (non-hydrogen) atoms. The van der Waals surface area contributed by atoms with Crippen LogP contribution in [0.2, 0.25) is 0 Å². The van der Waals surface area contributed by atoms with Gasteiger partial charge in [0.05, 0.1) is 22.3 Å². The van der Waals surface area contributed by atoms with Crippen molar-refractivity contribution < 1.29 is 9.22 Å². The van der Waals surface area contributed by atoms with Crippen LogP contribution in [0, 0.1) is 6.85 Å². The summed E-state index contributed by atoms with van der Waals surface area (Å²) in [5.74, 6) is 0.846. The first-order valence-electron chi connectivity index (χ1n) is 22.8. The predicted molar refractivity (Wildman–Crippen MR) is 259 cm³/mol. The zero-order valence-electron chi connectivity index (χ0n) is 39.2. The standard InChI is InChI=1S/C58H53N3O/c1-38-21-25-41(26-22-38)43-29-30-59-52(36-43)46-31-45(32-48(33-46)58(5,6)7)49-19-14-20-53-54(49)60-56(61(53)37-39-23-27-47(28-24-39)57(2,3)4)51-35-44(40-15-10-8-11-16-40)34-50(55(51)62)42-17-12-9-13-18-42/h8-36,62H,37H2,1-7H3/i1D3. The Labute approximate surface area is 370 Å². The van der Waals surface area contributed by atoms with Crippen molar-refractivity contribution >= 4 is 11.0 Å². The highest BCUT2D eigenvalue weighted by Crippen LogP contribution is 2.44. The molecule has 0 aliphatic carbocycles. The number of aromatic hydroxyl groups is 1. The Hall–Kier alpha value is -7.04. The molecule has 0 bridgehead atoms. The van der Waals surface area contributed by atoms with Crippen LogP contribution in [0.25, 0.3) is 78.2 Å². The summed E-state index contributed by atoms with van der Waals surface area (Å²) < 4.78 is 25.8. The summed E-state index contributed by atoms with van der Waals surface area (Å²) in [7, 11) is 0. The van der Waals surface area contributed by atoms with Gasteiger partial charge in [-0.25, -0.2) is 4.98 Å². The van der Waals surface area contributed by atoms with E-state index in [2.05, 4.69) is 137 Å². The third kappa shape index (κ3) is 8.09. The van der Waals surface area contributed by atoms with Gasteiger partial charge in [-0.2, -0.15) is 0 Å². The van der Waals surface area contributed by atoms with E-state index in [4.69, 9.17) is 14.1 Å². The van der Waals surface area contributed by atoms with Gasteiger partial charge in [-0.05, 0) is 110 Å². The first-order chi connectivity index (χ1) is 31.0. The summed E-state index contributed by atoms with van der Waals surface area (Å²) in [6.45, 7) is 11.7. The van der Waals surface area contributed by atoms with Crippen LogP contribution < -0.4 is 0 Å². The fraction of sp³-hybridized carbons (Fsp3) is 0.172. The Kier molecular flexibility index (Phi) is 9.55. The number of nitrogens with zero attached hydrogens (tertiary/aromatic N) is 3. The normalized spacial score (nSPS) is 12.8. The van der Waals surface area contributed by atoms with Crippen molar-refractivity contribution in [2.45, 2.75) is 65.8 Å². The van der Waals surface area contributed by atoms with Crippen molar-refractivity contribution in [3.63, 3.8) is 0 Å². The number of para-hydroxylation sites is 1. The molecule has 0 saturated heterocycles. The minimum absolute atomic E-state index is 0.0159. The lowest BCUT2D eigenvalue weighted by atomic mass is 9.83. The highest BCUT2D eigenvalue weighted by atomic mass is 16.3. The molecule has 9 rings (SSSR count). The Balaban J connectivity index is 1.25. The molecular formula is C58H53N3O. The van der Waals surface area contributed by atoms with Gasteiger partial charge in [-0.3, -0.25) is 4.98 Å². The van der Waals surface area contributed by atoms with Crippen LogP contribution in [0.3, 0.4) is 0 Å². The van der Waals surface area contributed by atoms with Crippen LogP contribution in [-0.4, -0.2) is 19.6 Å². The second-order valence-electron chi connectivity index (χ2n) is 18.3. The molecular weight excluding hydrogens is 755 g/mol. The molecule has 1 N–H and O–H groups in total. The number of hydrogen-bond donors (Lipinski definition) is 1. The van der Waals surface area contributed by atoms with Crippen LogP contribution in [0.1, 0.15) is 67.9 Å². The molecule has 0 fully saturated rings. The number of rotatable bonds is 8. The Morgan fingerprint density at radius 3 is 1.84 bits per heavy atom. The average Bonchev–Trinajstić information content (AvgIpc) is 3.66. The molecule has 0 saturated carbocycles. The van der Waals surface area contributed by atoms with Crippen LogP contribution in [-0.2, 0) is 17.4 Å². The molecule has 9 aromatic rings. The molecule has 4 heteroatoms. The molecule has 0 aliphatic rings. The highest BCUT2D eigenvalue weighted by molar-refractivity contribution is 5.97. The number of aromatic nitrogens is 3. The maximum absolute atomic E-state index is 12.5. The van der Waals surface area contributed by atoms with Gasteiger partial charge in [0.1, 0.15) is 11.6 Å². The number of fused-ring (bicyclic) bond motifs is 1. The van der Waals surface area contributed by atoms with E-state index in [1.165, 1.54) is 5.56 Å². The monoisotopic (exact) mass is 810 g/mol. The van der Waals surface area contributed by atoms with Gasteiger partial charge in [-0.1, -0.05) is 174 Å². The predicted octanol–water partition coefficient (Wildman–Crippen LogP) is 15.1. The lowest BCUT2D eigenvalue weighted by Gasteiger charge is -2.22. The van der Waals surface area contributed by atoms with Crippen molar-refractivity contribution in [3.8, 4) is 72.9 Å². The second-order valence-corrected chi connectivity index (χ2v) is 18.3. The summed E-state index contributed by atoms with van der Waals surface area (Å²) in [6, 6.07) is 57.5. The molecule has 0 aliphatic heterocycles. The van der Waals surface area contributed by atoms with Gasteiger partial charge >= 0.3 is 0 Å². The van der Waals surface area contributed by atoms with Crippen LogP contribution in [0.15, 0.2) is 176 Å². The number of benzene rings is 7. The maximum atomic E-state index is 12.5. The molecule has 2 aromatic heterocycles. The van der Waals surface area contributed by atoms with E-state index in [1.807, 2.05) is 72.9 Å². The number of imidazole rings is 1. The minimum Gasteiger partial charge on any atom is -0.507 e. The molecule has 0 spiro atoms. The summed E-state index contributed by atoms with van der Waals surface area (Å²) in [4.78, 5) is 10.4. The number of aryl methyl sites for hydroxylation is 1. The lowest BCUT2D eigenvalue weighted by molar-refractivity contribution is 0.478. The van der Waals surface area contributed by atoms with Crippen LogP contribution >= 0.6 is 0 Å². The topological polar surface area (TPSA) is 50.9 Å². The molecule has 2 heterocycles. The Morgan fingerprint density at radius 2 is 1.16 bits per heavy atom. The highest BCUT2D eigenvalue weighted by Gasteiger charge is 2.24. The second kappa shape index (κ2) is 16.1. The van der Waals surface area contributed by atoms with E-state index >= 15 is 0 Å². The first-order valence-corrected chi connectivity index (χ1v) is 21.3. The third-order valence-electron chi connectivity index (χ3n) is 11.9. The van der Waals surface area contributed by atoms with E-state index in [1.54, 1.807) is 12.1 Å². The number of phenols is 1. The van der Waals surface area contributed by atoms with E-state index in [0.717, 1.165) is 77.9 Å². The molecule has 0 amide bonds. The Morgan fingerprint density at radius 1 is 0.516 bits per heavy atom. The van der Waals surface area contributed by atoms with Crippen LogP contribution in [0.4, 0.5) is 0 Å². The van der Waals surface area contributed by atoms with Gasteiger partial charge in [-0.15, -0.1) is 0 Å². The van der Waals surface area contributed by atoms with Crippen molar-refractivity contribution in [1.82, 2.24) is 14.5 Å². The van der Waals surface area contributed by atoms with Gasteiger partial charge < -0.3 is 9.67 Å². The quantitative estimate of drug-likeness (QED) is 0.166. The number of phenolic OH excluding ortho intramolecular Hbond substituents is 1. The van der Waals surface area contributed by atoms with Crippen LogP contribution in [0.5, 0.6) is 5.75 Å².